The molecule has 7 heteroatoms. The molecule has 1 amide bonds. The third-order valence-corrected chi connectivity index (χ3v) is 6.20. The number of pyridine rings is 1. The third-order valence-electron chi connectivity index (χ3n) is 6.20. The summed E-state index contributed by atoms with van der Waals surface area (Å²) in [6.07, 6.45) is 8.74. The lowest BCUT2D eigenvalue weighted by molar-refractivity contribution is -0.135. The molecule has 1 aliphatic carbocycles. The molecular weight excluding hydrogens is 356 g/mol. The Morgan fingerprint density at radius 1 is 1.25 bits per heavy atom. The lowest BCUT2D eigenvalue weighted by atomic mass is 9.89. The van der Waals surface area contributed by atoms with Gasteiger partial charge in [-0.3, -0.25) is 13.9 Å². The van der Waals surface area contributed by atoms with E-state index in [1.165, 1.54) is 32.1 Å². The largest absolute Gasteiger partial charge is 0.372 e. The Morgan fingerprint density at radius 2 is 2.07 bits per heavy atom. The van der Waals surface area contributed by atoms with Crippen molar-refractivity contribution < 1.29 is 9.53 Å². The number of carbonyl (C=O) groups is 1. The maximum atomic E-state index is 13.4. The van der Waals surface area contributed by atoms with E-state index >= 15 is 0 Å². The van der Waals surface area contributed by atoms with Gasteiger partial charge in [-0.15, -0.1) is 0 Å². The zero-order valence-corrected chi connectivity index (χ0v) is 16.7. The molecule has 4 rings (SSSR count). The fraction of sp³-hybridized carbons (Fsp3) is 0.667. The standard InChI is InChI=1S/C21H30N4O3/c1-2-28-15-19(26)23-12-10-17(14-23)25-20-18(9-6-11-22-20)24(21(25)27)13-16-7-4-3-5-8-16/h6,9,11,16-17H,2-5,7-8,10,12-15H2,1H3/t17-/m1/s1. The molecule has 0 bridgehead atoms. The Morgan fingerprint density at radius 3 is 2.86 bits per heavy atom. The molecule has 2 fully saturated rings. The monoisotopic (exact) mass is 386 g/mol. The van der Waals surface area contributed by atoms with E-state index in [4.69, 9.17) is 4.74 Å². The summed E-state index contributed by atoms with van der Waals surface area (Å²) in [6.45, 7) is 4.50. The first-order valence-electron chi connectivity index (χ1n) is 10.6. The van der Waals surface area contributed by atoms with Gasteiger partial charge in [-0.25, -0.2) is 9.78 Å². The van der Waals surface area contributed by atoms with E-state index < -0.39 is 0 Å². The van der Waals surface area contributed by atoms with E-state index in [1.807, 2.05) is 28.2 Å². The smallest absolute Gasteiger partial charge is 0.330 e. The van der Waals surface area contributed by atoms with Crippen molar-refractivity contribution in [3.8, 4) is 0 Å². The highest BCUT2D eigenvalue weighted by atomic mass is 16.5. The van der Waals surface area contributed by atoms with Gasteiger partial charge in [0.15, 0.2) is 5.65 Å². The Kier molecular flexibility index (Phi) is 5.80. The molecule has 1 saturated carbocycles. The number of imidazole rings is 1. The van der Waals surface area contributed by atoms with E-state index in [0.717, 1.165) is 24.1 Å². The van der Waals surface area contributed by atoms with Crippen LogP contribution in [0.25, 0.3) is 11.2 Å². The Labute approximate surface area is 165 Å². The molecule has 0 unspecified atom stereocenters. The van der Waals surface area contributed by atoms with Gasteiger partial charge in [-0.05, 0) is 44.2 Å². The van der Waals surface area contributed by atoms with Crippen molar-refractivity contribution in [3.05, 3.63) is 28.8 Å². The van der Waals surface area contributed by atoms with Crippen LogP contribution in [0, 0.1) is 5.92 Å². The molecule has 2 aromatic rings. The first-order valence-corrected chi connectivity index (χ1v) is 10.6. The van der Waals surface area contributed by atoms with Crippen LogP contribution in [0.2, 0.25) is 0 Å². The quantitative estimate of drug-likeness (QED) is 0.765. The van der Waals surface area contributed by atoms with Crippen molar-refractivity contribution >= 4 is 17.1 Å². The maximum Gasteiger partial charge on any atom is 0.330 e. The summed E-state index contributed by atoms with van der Waals surface area (Å²) in [6, 6.07) is 3.87. The van der Waals surface area contributed by atoms with E-state index in [2.05, 4.69) is 4.98 Å². The first kappa shape index (κ1) is 19.2. The zero-order chi connectivity index (χ0) is 19.5. The predicted molar refractivity (Wildman–Crippen MR) is 107 cm³/mol. The molecule has 28 heavy (non-hydrogen) atoms. The molecule has 1 saturated heterocycles. The average Bonchev–Trinajstić information content (AvgIpc) is 3.30. The van der Waals surface area contributed by atoms with Gasteiger partial charge in [0.05, 0.1) is 11.6 Å². The second kappa shape index (κ2) is 8.47. The third kappa shape index (κ3) is 3.72. The van der Waals surface area contributed by atoms with Crippen LogP contribution >= 0.6 is 0 Å². The van der Waals surface area contributed by atoms with Crippen LogP contribution in [-0.2, 0) is 16.1 Å². The van der Waals surface area contributed by atoms with Crippen LogP contribution in [-0.4, -0.2) is 51.2 Å². The van der Waals surface area contributed by atoms with E-state index in [9.17, 15) is 9.59 Å². The molecule has 2 aromatic heterocycles. The van der Waals surface area contributed by atoms with Crippen molar-refractivity contribution in [2.75, 3.05) is 26.3 Å². The summed E-state index contributed by atoms with van der Waals surface area (Å²) in [5.41, 5.74) is 1.67. The Hall–Kier alpha value is -2.15. The fourth-order valence-electron chi connectivity index (χ4n) is 4.70. The number of nitrogens with zero attached hydrogens (tertiary/aromatic N) is 4. The number of likely N-dealkylation sites (tertiary alicyclic amines) is 1. The van der Waals surface area contributed by atoms with E-state index in [1.54, 1.807) is 11.1 Å². The summed E-state index contributed by atoms with van der Waals surface area (Å²) >= 11 is 0. The van der Waals surface area contributed by atoms with Crippen molar-refractivity contribution in [1.29, 1.82) is 0 Å². The molecule has 2 aliphatic rings. The Balaban J connectivity index is 1.60. The number of amides is 1. The van der Waals surface area contributed by atoms with Crippen LogP contribution in [0.3, 0.4) is 0 Å². The van der Waals surface area contributed by atoms with E-state index in [0.29, 0.717) is 25.6 Å². The number of aromatic nitrogens is 3. The molecule has 0 spiro atoms. The maximum absolute atomic E-state index is 13.4. The highest BCUT2D eigenvalue weighted by molar-refractivity contribution is 5.78. The highest BCUT2D eigenvalue weighted by Crippen LogP contribution is 2.28. The normalized spacial score (nSPS) is 20.9. The number of ether oxygens (including phenoxy) is 1. The van der Waals surface area contributed by atoms with Gasteiger partial charge in [0.25, 0.3) is 0 Å². The average molecular weight is 386 g/mol. The minimum atomic E-state index is -0.0249. The SMILES string of the molecule is CCOCC(=O)N1CC[C@@H](n2c(=O)n(CC3CCCCC3)c3cccnc32)C1. The van der Waals surface area contributed by atoms with Crippen molar-refractivity contribution in [3.63, 3.8) is 0 Å². The molecule has 3 heterocycles. The van der Waals surface area contributed by atoms with Crippen LogP contribution < -0.4 is 5.69 Å². The van der Waals surface area contributed by atoms with Gasteiger partial charge in [-0.2, -0.15) is 0 Å². The van der Waals surface area contributed by atoms with Gasteiger partial charge in [0, 0.05) is 32.4 Å². The molecule has 152 valence electrons. The fourth-order valence-corrected chi connectivity index (χ4v) is 4.70. The molecule has 0 N–H and O–H groups in total. The van der Waals surface area contributed by atoms with Gasteiger partial charge >= 0.3 is 5.69 Å². The molecular formula is C21H30N4O3. The number of carbonyl (C=O) groups excluding carboxylic acids is 1. The highest BCUT2D eigenvalue weighted by Gasteiger charge is 2.31. The Bertz CT molecular complexity index is 881. The lowest BCUT2D eigenvalue weighted by Crippen LogP contribution is -2.34. The minimum absolute atomic E-state index is 0.00342. The lowest BCUT2D eigenvalue weighted by Gasteiger charge is -2.21. The number of rotatable bonds is 6. The van der Waals surface area contributed by atoms with Crippen LogP contribution in [0.5, 0.6) is 0 Å². The second-order valence-electron chi connectivity index (χ2n) is 8.03. The first-order chi connectivity index (χ1) is 13.7. The summed E-state index contributed by atoms with van der Waals surface area (Å²) in [5, 5.41) is 0. The van der Waals surface area contributed by atoms with Gasteiger partial charge in [0.2, 0.25) is 5.91 Å². The summed E-state index contributed by atoms with van der Waals surface area (Å²) in [4.78, 5) is 32.0. The molecule has 1 aliphatic heterocycles. The van der Waals surface area contributed by atoms with Gasteiger partial charge in [0.1, 0.15) is 6.61 Å². The predicted octanol–water partition coefficient (Wildman–Crippen LogP) is 2.59. The molecule has 7 nitrogen and oxygen atoms in total. The van der Waals surface area contributed by atoms with Crippen molar-refractivity contribution in [2.45, 2.75) is 58.0 Å². The topological polar surface area (TPSA) is 69.4 Å². The van der Waals surface area contributed by atoms with Crippen LogP contribution in [0.4, 0.5) is 0 Å². The second-order valence-corrected chi connectivity index (χ2v) is 8.03. The zero-order valence-electron chi connectivity index (χ0n) is 16.7. The van der Waals surface area contributed by atoms with Crippen LogP contribution in [0.15, 0.2) is 23.1 Å². The molecule has 1 atom stereocenters. The van der Waals surface area contributed by atoms with Crippen molar-refractivity contribution in [1.82, 2.24) is 19.0 Å². The summed E-state index contributed by atoms with van der Waals surface area (Å²) in [5.74, 6) is 0.565. The summed E-state index contributed by atoms with van der Waals surface area (Å²) in [7, 11) is 0. The van der Waals surface area contributed by atoms with E-state index in [-0.39, 0.29) is 24.2 Å². The number of fused-ring (bicyclic) bond motifs is 1. The number of hydrogen-bond acceptors (Lipinski definition) is 4. The summed E-state index contributed by atoms with van der Waals surface area (Å²) < 4.78 is 9.00. The molecule has 0 aromatic carbocycles. The van der Waals surface area contributed by atoms with Crippen molar-refractivity contribution in [2.24, 2.45) is 5.92 Å². The molecule has 0 radical (unpaired) electrons. The minimum Gasteiger partial charge on any atom is -0.372 e. The van der Waals surface area contributed by atoms with Gasteiger partial charge in [-0.1, -0.05) is 19.3 Å². The van der Waals surface area contributed by atoms with Gasteiger partial charge < -0.3 is 9.64 Å². The number of hydrogen-bond donors (Lipinski definition) is 0. The van der Waals surface area contributed by atoms with Crippen LogP contribution in [0.1, 0.15) is 51.5 Å².